The Bertz CT molecular complexity index is 752. The Morgan fingerprint density at radius 1 is 0.966 bits per heavy atom. The highest BCUT2D eigenvalue weighted by atomic mass is 35.5. The topological polar surface area (TPSA) is 33.7 Å². The molecule has 0 spiro atoms. The molecule has 0 fully saturated rings. The molecule has 0 aliphatic carbocycles. The summed E-state index contributed by atoms with van der Waals surface area (Å²) in [5.74, 6) is 1.51. The first-order valence-electron chi connectivity index (χ1n) is 10.3. The van der Waals surface area contributed by atoms with Gasteiger partial charge in [0.2, 0.25) is 0 Å². The maximum atomic E-state index is 6.29. The van der Waals surface area contributed by atoms with E-state index in [0.717, 1.165) is 61.8 Å². The molecule has 0 saturated carbocycles. The summed E-state index contributed by atoms with van der Waals surface area (Å²) < 4.78 is 11.9. The molecule has 1 N–H and O–H groups in total. The first-order valence-corrected chi connectivity index (χ1v) is 11.1. The number of nitrogens with one attached hydrogen (secondary N) is 1. The van der Waals surface area contributed by atoms with Crippen molar-refractivity contribution in [3.8, 4) is 11.5 Å². The van der Waals surface area contributed by atoms with Crippen LogP contribution in [0.15, 0.2) is 36.4 Å². The molecule has 2 aromatic carbocycles. The lowest BCUT2D eigenvalue weighted by molar-refractivity contribution is 0.266. The largest absolute Gasteiger partial charge is 0.490 e. The van der Waals surface area contributed by atoms with Gasteiger partial charge < -0.3 is 19.7 Å². The second-order valence-electron chi connectivity index (χ2n) is 6.76. The summed E-state index contributed by atoms with van der Waals surface area (Å²) in [6.45, 7) is 12.3. The van der Waals surface area contributed by atoms with Crippen LogP contribution in [-0.2, 0) is 13.2 Å². The summed E-state index contributed by atoms with van der Waals surface area (Å²) in [5, 5.41) is 4.74. The lowest BCUT2D eigenvalue weighted by Crippen LogP contribution is -2.27. The summed E-state index contributed by atoms with van der Waals surface area (Å²) in [5.41, 5.74) is 1.96. The van der Waals surface area contributed by atoms with E-state index in [1.165, 1.54) is 0 Å². The molecule has 0 saturated heterocycles. The van der Waals surface area contributed by atoms with Gasteiger partial charge in [0.1, 0.15) is 6.61 Å². The summed E-state index contributed by atoms with van der Waals surface area (Å²) in [6, 6.07) is 11.4. The molecular formula is C23H32Cl2N2O2. The quantitative estimate of drug-likeness (QED) is 0.401. The standard InChI is InChI=1S/C23H32Cl2N2O2/c1-4-27(5-2)14-8-13-26-16-18-9-7-10-22(28-6-3)23(18)29-17-19-11-12-20(24)15-21(19)25/h7,9-12,15,26H,4-6,8,13-14,16-17H2,1-3H3. The molecule has 29 heavy (non-hydrogen) atoms. The summed E-state index contributed by atoms with van der Waals surface area (Å²) >= 11 is 12.3. The zero-order chi connectivity index (χ0) is 21.1. The SMILES string of the molecule is CCOc1cccc(CNCCCN(CC)CC)c1OCc1ccc(Cl)cc1Cl. The van der Waals surface area contributed by atoms with Crippen LogP contribution in [0, 0.1) is 0 Å². The molecule has 4 nitrogen and oxygen atoms in total. The minimum Gasteiger partial charge on any atom is -0.490 e. The van der Waals surface area contributed by atoms with Gasteiger partial charge in [-0.15, -0.1) is 0 Å². The zero-order valence-electron chi connectivity index (χ0n) is 17.6. The number of hydrogen-bond acceptors (Lipinski definition) is 4. The highest BCUT2D eigenvalue weighted by molar-refractivity contribution is 6.35. The van der Waals surface area contributed by atoms with Crippen molar-refractivity contribution in [2.24, 2.45) is 0 Å². The Hall–Kier alpha value is -1.46. The highest BCUT2D eigenvalue weighted by Crippen LogP contribution is 2.33. The molecule has 6 heteroatoms. The fourth-order valence-electron chi connectivity index (χ4n) is 3.11. The summed E-state index contributed by atoms with van der Waals surface area (Å²) in [7, 11) is 0. The van der Waals surface area contributed by atoms with Gasteiger partial charge in [-0.25, -0.2) is 0 Å². The van der Waals surface area contributed by atoms with Crippen molar-refractivity contribution in [2.75, 3.05) is 32.8 Å². The Morgan fingerprint density at radius 3 is 2.45 bits per heavy atom. The van der Waals surface area contributed by atoms with Gasteiger partial charge in [0.25, 0.3) is 0 Å². The molecule has 0 aliphatic heterocycles. The minimum atomic E-state index is 0.356. The van der Waals surface area contributed by atoms with Crippen LogP contribution in [0.3, 0.4) is 0 Å². The van der Waals surface area contributed by atoms with E-state index in [1.54, 1.807) is 6.07 Å². The average molecular weight is 439 g/mol. The number of hydrogen-bond donors (Lipinski definition) is 1. The maximum Gasteiger partial charge on any atom is 0.166 e. The number of para-hydroxylation sites is 1. The van der Waals surface area contributed by atoms with Crippen LogP contribution in [0.1, 0.15) is 38.3 Å². The Kier molecular flexibility index (Phi) is 10.6. The van der Waals surface area contributed by atoms with Crippen LogP contribution in [0.4, 0.5) is 0 Å². The molecule has 0 amide bonds. The Balaban J connectivity index is 2.01. The number of nitrogens with zero attached hydrogens (tertiary/aromatic N) is 1. The lowest BCUT2D eigenvalue weighted by Gasteiger charge is -2.19. The fraction of sp³-hybridized carbons (Fsp3) is 0.478. The van der Waals surface area contributed by atoms with E-state index in [9.17, 15) is 0 Å². The van der Waals surface area contributed by atoms with Gasteiger partial charge in [0.05, 0.1) is 6.61 Å². The van der Waals surface area contributed by atoms with E-state index in [-0.39, 0.29) is 0 Å². The first-order chi connectivity index (χ1) is 14.1. The van der Waals surface area contributed by atoms with Crippen LogP contribution in [0.5, 0.6) is 11.5 Å². The van der Waals surface area contributed by atoms with Crippen LogP contribution in [-0.4, -0.2) is 37.7 Å². The molecule has 0 bridgehead atoms. The first kappa shape index (κ1) is 23.8. The number of ether oxygens (including phenoxy) is 2. The Morgan fingerprint density at radius 2 is 1.76 bits per heavy atom. The van der Waals surface area contributed by atoms with Gasteiger partial charge in [-0.2, -0.15) is 0 Å². The van der Waals surface area contributed by atoms with Gasteiger partial charge >= 0.3 is 0 Å². The van der Waals surface area contributed by atoms with Gasteiger partial charge in [0.15, 0.2) is 11.5 Å². The van der Waals surface area contributed by atoms with Crippen molar-refractivity contribution in [2.45, 2.75) is 40.3 Å². The summed E-state index contributed by atoms with van der Waals surface area (Å²) in [6.07, 6.45) is 1.11. The lowest BCUT2D eigenvalue weighted by atomic mass is 10.1. The van der Waals surface area contributed by atoms with E-state index in [4.69, 9.17) is 32.7 Å². The third-order valence-corrected chi connectivity index (χ3v) is 5.37. The van der Waals surface area contributed by atoms with Crippen LogP contribution < -0.4 is 14.8 Å². The van der Waals surface area contributed by atoms with Crippen LogP contribution in [0.25, 0.3) is 0 Å². The van der Waals surface area contributed by atoms with E-state index in [0.29, 0.717) is 23.3 Å². The average Bonchev–Trinajstić information content (AvgIpc) is 2.71. The number of benzene rings is 2. The number of rotatable bonds is 13. The van der Waals surface area contributed by atoms with Crippen molar-refractivity contribution < 1.29 is 9.47 Å². The molecule has 2 rings (SSSR count). The zero-order valence-corrected chi connectivity index (χ0v) is 19.2. The molecular weight excluding hydrogens is 407 g/mol. The smallest absolute Gasteiger partial charge is 0.166 e. The van der Waals surface area contributed by atoms with Crippen molar-refractivity contribution in [3.63, 3.8) is 0 Å². The molecule has 0 heterocycles. The second kappa shape index (κ2) is 13.0. The van der Waals surface area contributed by atoms with Gasteiger partial charge in [0, 0.05) is 27.7 Å². The van der Waals surface area contributed by atoms with Crippen LogP contribution in [0.2, 0.25) is 10.0 Å². The second-order valence-corrected chi connectivity index (χ2v) is 7.60. The van der Waals surface area contributed by atoms with Crippen molar-refractivity contribution >= 4 is 23.2 Å². The molecule has 0 aliphatic rings. The monoisotopic (exact) mass is 438 g/mol. The molecule has 160 valence electrons. The minimum absolute atomic E-state index is 0.356. The van der Waals surface area contributed by atoms with Gasteiger partial charge in [-0.1, -0.05) is 55.2 Å². The van der Waals surface area contributed by atoms with Crippen LogP contribution >= 0.6 is 23.2 Å². The van der Waals surface area contributed by atoms with E-state index in [1.807, 2.05) is 31.2 Å². The third-order valence-electron chi connectivity index (χ3n) is 4.79. The maximum absolute atomic E-state index is 6.29. The fourth-order valence-corrected chi connectivity index (χ4v) is 3.58. The van der Waals surface area contributed by atoms with Gasteiger partial charge in [-0.05, 0) is 57.7 Å². The van der Waals surface area contributed by atoms with Gasteiger partial charge in [-0.3, -0.25) is 0 Å². The van der Waals surface area contributed by atoms with E-state index >= 15 is 0 Å². The predicted molar refractivity (Wildman–Crippen MR) is 123 cm³/mol. The normalized spacial score (nSPS) is 11.1. The molecule has 0 atom stereocenters. The van der Waals surface area contributed by atoms with Crippen molar-refractivity contribution in [1.29, 1.82) is 0 Å². The van der Waals surface area contributed by atoms with Crippen molar-refractivity contribution in [3.05, 3.63) is 57.6 Å². The number of halogens is 2. The molecule has 0 aromatic heterocycles. The predicted octanol–water partition coefficient (Wildman–Crippen LogP) is 5.79. The van der Waals surface area contributed by atoms with E-state index in [2.05, 4.69) is 30.1 Å². The highest BCUT2D eigenvalue weighted by Gasteiger charge is 2.12. The van der Waals surface area contributed by atoms with Crippen molar-refractivity contribution in [1.82, 2.24) is 10.2 Å². The molecule has 0 radical (unpaired) electrons. The molecule has 2 aromatic rings. The molecule has 0 unspecified atom stereocenters. The van der Waals surface area contributed by atoms with E-state index < -0.39 is 0 Å². The summed E-state index contributed by atoms with van der Waals surface area (Å²) in [4.78, 5) is 2.43. The third kappa shape index (κ3) is 7.71. The Labute approximate surface area is 185 Å².